The smallest absolute Gasteiger partial charge is 0.212 e. The maximum Gasteiger partial charge on any atom is 0.212 e. The first kappa shape index (κ1) is 15.6. The van der Waals surface area contributed by atoms with E-state index in [1.807, 2.05) is 12.1 Å². The molecular formula is C18H25N5O. The van der Waals surface area contributed by atoms with E-state index in [1.54, 1.807) is 13.3 Å². The van der Waals surface area contributed by atoms with Crippen molar-refractivity contribution in [2.24, 2.45) is 11.8 Å². The van der Waals surface area contributed by atoms with Crippen LogP contribution in [0.25, 0.3) is 11.4 Å². The lowest BCUT2D eigenvalue weighted by Gasteiger charge is -2.39. The van der Waals surface area contributed by atoms with Crippen LogP contribution < -0.4 is 4.74 Å². The third-order valence-corrected chi connectivity index (χ3v) is 5.78. The van der Waals surface area contributed by atoms with Crippen molar-refractivity contribution in [1.82, 2.24) is 25.1 Å². The zero-order valence-corrected chi connectivity index (χ0v) is 14.6. The van der Waals surface area contributed by atoms with Crippen LogP contribution in [-0.4, -0.2) is 52.3 Å². The van der Waals surface area contributed by atoms with Crippen molar-refractivity contribution >= 4 is 0 Å². The van der Waals surface area contributed by atoms with E-state index in [0.717, 1.165) is 17.2 Å². The Morgan fingerprint density at radius 1 is 1.29 bits per heavy atom. The lowest BCUT2D eigenvalue weighted by atomic mass is 9.75. The SMILES string of the molecule is COc1ccc(-c2nnc(C3(C4CCN(C)CC4C)CC3)[nH]2)cn1. The molecule has 0 amide bonds. The van der Waals surface area contributed by atoms with Gasteiger partial charge < -0.3 is 14.6 Å². The summed E-state index contributed by atoms with van der Waals surface area (Å²) in [7, 11) is 3.84. The van der Waals surface area contributed by atoms with Crippen LogP contribution in [0.15, 0.2) is 18.3 Å². The molecule has 4 rings (SSSR count). The van der Waals surface area contributed by atoms with E-state index in [1.165, 1.54) is 32.4 Å². The summed E-state index contributed by atoms with van der Waals surface area (Å²) in [5, 5.41) is 8.91. The molecule has 0 aromatic carbocycles. The monoisotopic (exact) mass is 327 g/mol. The van der Waals surface area contributed by atoms with Crippen molar-refractivity contribution in [1.29, 1.82) is 0 Å². The fraction of sp³-hybridized carbons (Fsp3) is 0.611. The Labute approximate surface area is 142 Å². The molecule has 6 heteroatoms. The molecule has 2 atom stereocenters. The second kappa shape index (κ2) is 5.84. The van der Waals surface area contributed by atoms with Crippen molar-refractivity contribution in [2.75, 3.05) is 27.2 Å². The van der Waals surface area contributed by atoms with Crippen molar-refractivity contribution in [3.63, 3.8) is 0 Å². The Morgan fingerprint density at radius 2 is 2.12 bits per heavy atom. The van der Waals surface area contributed by atoms with Crippen molar-refractivity contribution in [2.45, 2.75) is 31.6 Å². The minimum Gasteiger partial charge on any atom is -0.481 e. The highest BCUT2D eigenvalue weighted by Crippen LogP contribution is 2.57. The zero-order valence-electron chi connectivity index (χ0n) is 14.6. The van der Waals surface area contributed by atoms with E-state index >= 15 is 0 Å². The number of likely N-dealkylation sites (tertiary alicyclic amines) is 1. The highest BCUT2D eigenvalue weighted by Gasteiger charge is 2.55. The molecule has 1 saturated heterocycles. The number of nitrogens with one attached hydrogen (secondary N) is 1. The Balaban J connectivity index is 1.57. The average Bonchev–Trinajstić information content (AvgIpc) is 3.23. The molecule has 128 valence electrons. The average molecular weight is 327 g/mol. The Hall–Kier alpha value is -1.95. The summed E-state index contributed by atoms with van der Waals surface area (Å²) in [5.74, 6) is 3.87. The first-order valence-corrected chi connectivity index (χ1v) is 8.74. The number of aromatic nitrogens is 4. The van der Waals surface area contributed by atoms with Gasteiger partial charge in [0.25, 0.3) is 0 Å². The number of pyridine rings is 1. The molecular weight excluding hydrogens is 302 g/mol. The maximum absolute atomic E-state index is 5.11. The van der Waals surface area contributed by atoms with Gasteiger partial charge in [0.1, 0.15) is 5.82 Å². The zero-order chi connectivity index (χ0) is 16.7. The van der Waals surface area contributed by atoms with Gasteiger partial charge in [0, 0.05) is 29.8 Å². The summed E-state index contributed by atoms with van der Waals surface area (Å²) in [4.78, 5) is 10.2. The molecule has 24 heavy (non-hydrogen) atoms. The van der Waals surface area contributed by atoms with Gasteiger partial charge in [-0.25, -0.2) is 4.98 Å². The van der Waals surface area contributed by atoms with Gasteiger partial charge in [-0.1, -0.05) is 6.92 Å². The molecule has 3 heterocycles. The molecule has 2 aromatic rings. The molecule has 2 aliphatic rings. The van der Waals surface area contributed by atoms with Gasteiger partial charge >= 0.3 is 0 Å². The number of piperidine rings is 1. The van der Waals surface area contributed by atoms with E-state index in [-0.39, 0.29) is 5.41 Å². The highest BCUT2D eigenvalue weighted by atomic mass is 16.5. The second-order valence-corrected chi connectivity index (χ2v) is 7.40. The Morgan fingerprint density at radius 3 is 2.75 bits per heavy atom. The molecule has 1 N–H and O–H groups in total. The van der Waals surface area contributed by atoms with Crippen LogP contribution in [0.2, 0.25) is 0 Å². The van der Waals surface area contributed by atoms with Crippen molar-refractivity contribution in [3.8, 4) is 17.3 Å². The number of hydrogen-bond donors (Lipinski definition) is 1. The number of ether oxygens (including phenoxy) is 1. The van der Waals surface area contributed by atoms with Gasteiger partial charge in [-0.05, 0) is 50.8 Å². The van der Waals surface area contributed by atoms with Gasteiger partial charge in [0.2, 0.25) is 5.88 Å². The highest BCUT2D eigenvalue weighted by molar-refractivity contribution is 5.53. The van der Waals surface area contributed by atoms with Crippen LogP contribution in [0.3, 0.4) is 0 Å². The summed E-state index contributed by atoms with van der Waals surface area (Å²) < 4.78 is 5.11. The molecule has 2 unspecified atom stereocenters. The van der Waals surface area contributed by atoms with Crippen LogP contribution in [-0.2, 0) is 5.41 Å². The quantitative estimate of drug-likeness (QED) is 0.934. The Kier molecular flexibility index (Phi) is 3.79. The largest absolute Gasteiger partial charge is 0.481 e. The van der Waals surface area contributed by atoms with Gasteiger partial charge in [0.05, 0.1) is 7.11 Å². The van der Waals surface area contributed by atoms with E-state index in [4.69, 9.17) is 4.74 Å². The summed E-state index contributed by atoms with van der Waals surface area (Å²) >= 11 is 0. The third kappa shape index (κ3) is 2.59. The van der Waals surface area contributed by atoms with Crippen molar-refractivity contribution < 1.29 is 4.74 Å². The number of H-pyrrole nitrogens is 1. The van der Waals surface area contributed by atoms with Gasteiger partial charge in [0.15, 0.2) is 5.82 Å². The maximum atomic E-state index is 5.11. The summed E-state index contributed by atoms with van der Waals surface area (Å²) in [5.41, 5.74) is 1.16. The third-order valence-electron chi connectivity index (χ3n) is 5.78. The van der Waals surface area contributed by atoms with E-state index < -0.39 is 0 Å². The van der Waals surface area contributed by atoms with Crippen molar-refractivity contribution in [3.05, 3.63) is 24.2 Å². The van der Waals surface area contributed by atoms with E-state index in [0.29, 0.717) is 17.7 Å². The predicted octanol–water partition coefficient (Wildman–Crippen LogP) is 2.49. The lowest BCUT2D eigenvalue weighted by molar-refractivity contribution is 0.124. The number of rotatable bonds is 4. The molecule has 6 nitrogen and oxygen atoms in total. The van der Waals surface area contributed by atoms with Gasteiger partial charge in [-0.2, -0.15) is 0 Å². The number of aromatic amines is 1. The second-order valence-electron chi connectivity index (χ2n) is 7.40. The van der Waals surface area contributed by atoms with Crippen LogP contribution in [0.4, 0.5) is 0 Å². The minimum absolute atomic E-state index is 0.214. The number of methoxy groups -OCH3 is 1. The number of nitrogens with zero attached hydrogens (tertiary/aromatic N) is 4. The first-order chi connectivity index (χ1) is 11.6. The first-order valence-electron chi connectivity index (χ1n) is 8.74. The lowest BCUT2D eigenvalue weighted by Crippen LogP contribution is -2.42. The molecule has 0 radical (unpaired) electrons. The van der Waals surface area contributed by atoms with E-state index in [9.17, 15) is 0 Å². The molecule has 0 bridgehead atoms. The van der Waals surface area contributed by atoms with Gasteiger partial charge in [-0.15, -0.1) is 10.2 Å². The summed E-state index contributed by atoms with van der Waals surface area (Å²) in [6.07, 6.45) is 5.47. The fourth-order valence-corrected chi connectivity index (χ4v) is 4.35. The normalized spacial score (nSPS) is 26.3. The summed E-state index contributed by atoms with van der Waals surface area (Å²) in [6, 6.07) is 3.82. The van der Waals surface area contributed by atoms with Crippen LogP contribution in [0, 0.1) is 11.8 Å². The van der Waals surface area contributed by atoms with Crippen LogP contribution in [0.5, 0.6) is 5.88 Å². The van der Waals surface area contributed by atoms with Crippen LogP contribution in [0.1, 0.15) is 32.0 Å². The molecule has 0 spiro atoms. The molecule has 1 aliphatic carbocycles. The predicted molar refractivity (Wildman–Crippen MR) is 91.8 cm³/mol. The Bertz CT molecular complexity index is 706. The summed E-state index contributed by atoms with van der Waals surface area (Å²) in [6.45, 7) is 4.74. The minimum atomic E-state index is 0.214. The molecule has 1 aliphatic heterocycles. The van der Waals surface area contributed by atoms with E-state index in [2.05, 4.69) is 39.0 Å². The molecule has 1 saturated carbocycles. The molecule has 2 aromatic heterocycles. The topological polar surface area (TPSA) is 66.9 Å². The fourth-order valence-electron chi connectivity index (χ4n) is 4.35. The number of hydrogen-bond acceptors (Lipinski definition) is 5. The standard InChI is InChI=1S/C18H25N5O/c1-12-11-23(2)9-6-14(12)18(7-8-18)17-20-16(21-22-17)13-4-5-15(24-3)19-10-13/h4-5,10,12,14H,6-9,11H2,1-3H3,(H,20,21,22). The molecule has 2 fully saturated rings. The van der Waals surface area contributed by atoms with Gasteiger partial charge in [-0.3, -0.25) is 0 Å². The van der Waals surface area contributed by atoms with Crippen LogP contribution >= 0.6 is 0 Å².